The molecule has 0 saturated carbocycles. The van der Waals surface area contributed by atoms with Crippen LogP contribution in [0.2, 0.25) is 0 Å². The van der Waals surface area contributed by atoms with Crippen molar-refractivity contribution in [2.75, 3.05) is 29.5 Å². The fraction of sp³-hybridized carbons (Fsp3) is 0.250. The van der Waals surface area contributed by atoms with E-state index >= 15 is 0 Å². The van der Waals surface area contributed by atoms with Crippen LogP contribution in [0.15, 0.2) is 48.9 Å². The second-order valence-corrected chi connectivity index (χ2v) is 7.45. The molecular formula is C20H19FN4S. The molecule has 0 amide bonds. The third-order valence-corrected chi connectivity index (χ3v) is 5.43. The van der Waals surface area contributed by atoms with E-state index in [1.807, 2.05) is 37.1 Å². The molecule has 132 valence electrons. The number of aryl methyl sites for hydroxylation is 1. The van der Waals surface area contributed by atoms with Crippen LogP contribution in [0, 0.1) is 12.7 Å². The fourth-order valence-corrected chi connectivity index (χ4v) is 3.97. The van der Waals surface area contributed by atoms with E-state index in [0.29, 0.717) is 0 Å². The molecule has 2 aromatic heterocycles. The highest BCUT2D eigenvalue weighted by Gasteiger charge is 2.18. The zero-order valence-electron chi connectivity index (χ0n) is 14.5. The number of halogens is 1. The van der Waals surface area contributed by atoms with Crippen molar-refractivity contribution in [1.29, 1.82) is 0 Å². The minimum Gasteiger partial charge on any atom is -0.354 e. The Morgan fingerprint density at radius 3 is 2.50 bits per heavy atom. The van der Waals surface area contributed by atoms with Gasteiger partial charge in [-0.15, -0.1) is 0 Å². The molecule has 0 aliphatic carbocycles. The third kappa shape index (κ3) is 3.42. The van der Waals surface area contributed by atoms with Gasteiger partial charge in [-0.25, -0.2) is 9.37 Å². The number of benzene rings is 1. The summed E-state index contributed by atoms with van der Waals surface area (Å²) in [6, 6.07) is 8.36. The van der Waals surface area contributed by atoms with Gasteiger partial charge in [0.1, 0.15) is 11.6 Å². The summed E-state index contributed by atoms with van der Waals surface area (Å²) < 4.78 is 13.3. The van der Waals surface area contributed by atoms with Crippen molar-refractivity contribution in [2.45, 2.75) is 6.92 Å². The van der Waals surface area contributed by atoms with E-state index in [-0.39, 0.29) is 5.82 Å². The Kier molecular flexibility index (Phi) is 4.84. The van der Waals surface area contributed by atoms with Crippen LogP contribution in [0.25, 0.3) is 22.5 Å². The lowest BCUT2D eigenvalue weighted by molar-refractivity contribution is 0.628. The average molecular weight is 366 g/mol. The van der Waals surface area contributed by atoms with Crippen molar-refractivity contribution < 1.29 is 4.39 Å². The van der Waals surface area contributed by atoms with Crippen molar-refractivity contribution in [2.24, 2.45) is 0 Å². The second-order valence-electron chi connectivity index (χ2n) is 6.22. The van der Waals surface area contributed by atoms with Crippen LogP contribution in [0.1, 0.15) is 5.56 Å². The first-order valence-corrected chi connectivity index (χ1v) is 9.74. The van der Waals surface area contributed by atoms with Gasteiger partial charge in [-0.05, 0) is 42.8 Å². The van der Waals surface area contributed by atoms with Crippen LogP contribution in [0.5, 0.6) is 0 Å². The number of aromatic nitrogens is 3. The van der Waals surface area contributed by atoms with Gasteiger partial charge in [0.05, 0.1) is 17.6 Å². The number of thioether (sulfide) groups is 1. The first-order valence-electron chi connectivity index (χ1n) is 8.59. The highest BCUT2D eigenvalue weighted by atomic mass is 32.2. The molecule has 26 heavy (non-hydrogen) atoms. The molecule has 0 N–H and O–H groups in total. The van der Waals surface area contributed by atoms with Crippen molar-refractivity contribution >= 4 is 17.6 Å². The molecule has 3 heterocycles. The smallest absolute Gasteiger partial charge is 0.147 e. The highest BCUT2D eigenvalue weighted by molar-refractivity contribution is 7.99. The molecule has 4 nitrogen and oxygen atoms in total. The summed E-state index contributed by atoms with van der Waals surface area (Å²) in [4.78, 5) is 16.1. The molecule has 1 fully saturated rings. The minimum atomic E-state index is -0.259. The number of pyridine rings is 1. The number of anilines is 1. The van der Waals surface area contributed by atoms with Crippen LogP contribution in [0.4, 0.5) is 10.2 Å². The summed E-state index contributed by atoms with van der Waals surface area (Å²) in [5.41, 5.74) is 4.46. The van der Waals surface area contributed by atoms with Crippen LogP contribution in [-0.4, -0.2) is 39.5 Å². The van der Waals surface area contributed by atoms with Crippen molar-refractivity contribution in [1.82, 2.24) is 15.0 Å². The Bertz CT molecular complexity index is 908. The van der Waals surface area contributed by atoms with Gasteiger partial charge in [-0.1, -0.05) is 0 Å². The molecule has 0 spiro atoms. The van der Waals surface area contributed by atoms with Gasteiger partial charge in [-0.3, -0.25) is 9.97 Å². The van der Waals surface area contributed by atoms with Crippen molar-refractivity contribution in [3.8, 4) is 22.5 Å². The maximum atomic E-state index is 13.3. The van der Waals surface area contributed by atoms with E-state index in [2.05, 4.69) is 9.88 Å². The summed E-state index contributed by atoms with van der Waals surface area (Å²) in [7, 11) is 0. The van der Waals surface area contributed by atoms with Crippen molar-refractivity contribution in [3.05, 3.63) is 60.3 Å². The molecule has 1 aliphatic rings. The third-order valence-electron chi connectivity index (χ3n) is 4.49. The van der Waals surface area contributed by atoms with E-state index in [9.17, 15) is 4.39 Å². The molecule has 1 aliphatic heterocycles. The normalized spacial score (nSPS) is 14.5. The van der Waals surface area contributed by atoms with E-state index in [1.54, 1.807) is 18.3 Å². The fourth-order valence-electron chi connectivity index (χ4n) is 3.07. The molecule has 3 aromatic rings. The minimum absolute atomic E-state index is 0.259. The Hall–Kier alpha value is -2.47. The van der Waals surface area contributed by atoms with Crippen LogP contribution in [-0.2, 0) is 0 Å². The van der Waals surface area contributed by atoms with Gasteiger partial charge in [-0.2, -0.15) is 11.8 Å². The molecule has 6 heteroatoms. The summed E-state index contributed by atoms with van der Waals surface area (Å²) in [5, 5.41) is 0. The summed E-state index contributed by atoms with van der Waals surface area (Å²) in [6.07, 6.45) is 5.42. The molecule has 0 bridgehead atoms. The Morgan fingerprint density at radius 2 is 1.77 bits per heavy atom. The number of rotatable bonds is 3. The molecular weight excluding hydrogens is 347 g/mol. The largest absolute Gasteiger partial charge is 0.354 e. The van der Waals surface area contributed by atoms with Crippen molar-refractivity contribution in [3.63, 3.8) is 0 Å². The topological polar surface area (TPSA) is 41.9 Å². The van der Waals surface area contributed by atoms with Crippen LogP contribution < -0.4 is 4.90 Å². The zero-order valence-corrected chi connectivity index (χ0v) is 15.3. The predicted molar refractivity (Wildman–Crippen MR) is 105 cm³/mol. The lowest BCUT2D eigenvalue weighted by Gasteiger charge is -2.27. The maximum absolute atomic E-state index is 13.3. The summed E-state index contributed by atoms with van der Waals surface area (Å²) in [6.45, 7) is 3.97. The standard InChI is InChI=1S/C20H19FN4S/c1-14-12-22-7-6-17(14)20-19(15-2-4-16(21)5-3-15)23-13-18(24-20)25-8-10-26-11-9-25/h2-7,12-13H,8-11H2,1H3. The molecule has 0 unspecified atom stereocenters. The van der Waals surface area contributed by atoms with Crippen LogP contribution in [0.3, 0.4) is 0 Å². The lowest BCUT2D eigenvalue weighted by atomic mass is 10.0. The van der Waals surface area contributed by atoms with Gasteiger partial charge in [0.25, 0.3) is 0 Å². The van der Waals surface area contributed by atoms with E-state index in [4.69, 9.17) is 9.97 Å². The Morgan fingerprint density at radius 1 is 1.00 bits per heavy atom. The van der Waals surface area contributed by atoms with Gasteiger partial charge < -0.3 is 4.90 Å². The van der Waals surface area contributed by atoms with Gasteiger partial charge in [0.15, 0.2) is 0 Å². The van der Waals surface area contributed by atoms with Gasteiger partial charge >= 0.3 is 0 Å². The van der Waals surface area contributed by atoms with Crippen LogP contribution >= 0.6 is 11.8 Å². The number of nitrogens with zero attached hydrogens (tertiary/aromatic N) is 4. The first-order chi connectivity index (χ1) is 12.7. The molecule has 0 radical (unpaired) electrons. The first kappa shape index (κ1) is 17.0. The summed E-state index contributed by atoms with van der Waals surface area (Å²) >= 11 is 1.96. The predicted octanol–water partition coefficient (Wildman–Crippen LogP) is 4.21. The highest BCUT2D eigenvalue weighted by Crippen LogP contribution is 2.32. The number of hydrogen-bond donors (Lipinski definition) is 0. The van der Waals surface area contributed by atoms with Gasteiger partial charge in [0.2, 0.25) is 0 Å². The maximum Gasteiger partial charge on any atom is 0.147 e. The second kappa shape index (κ2) is 7.41. The van der Waals surface area contributed by atoms with E-state index in [0.717, 1.165) is 58.5 Å². The Balaban J connectivity index is 1.85. The molecule has 4 rings (SSSR count). The molecule has 1 aromatic carbocycles. The quantitative estimate of drug-likeness (QED) is 0.695. The molecule has 1 saturated heterocycles. The molecule has 0 atom stereocenters. The zero-order chi connectivity index (χ0) is 17.9. The van der Waals surface area contributed by atoms with Gasteiger partial charge in [0, 0.05) is 48.1 Å². The number of hydrogen-bond acceptors (Lipinski definition) is 5. The van der Waals surface area contributed by atoms with E-state index < -0.39 is 0 Å². The Labute approximate surface area is 156 Å². The summed E-state index contributed by atoms with van der Waals surface area (Å²) in [5.74, 6) is 2.84. The monoisotopic (exact) mass is 366 g/mol. The lowest BCUT2D eigenvalue weighted by Crippen LogP contribution is -2.33. The SMILES string of the molecule is Cc1cnccc1-c1nc(N2CCSCC2)cnc1-c1ccc(F)cc1. The average Bonchev–Trinajstić information content (AvgIpc) is 2.69. The van der Waals surface area contributed by atoms with E-state index in [1.165, 1.54) is 12.1 Å².